The highest BCUT2D eigenvalue weighted by molar-refractivity contribution is 7.89. The molecule has 2 aromatic carbocycles. The fraction of sp³-hybridized carbons (Fsp3) is 0.381. The second-order valence-electron chi connectivity index (χ2n) is 6.88. The molecule has 1 heterocycles. The Kier molecular flexibility index (Phi) is 6.62. The van der Waals surface area contributed by atoms with E-state index in [1.807, 2.05) is 6.92 Å². The second kappa shape index (κ2) is 9.01. The highest BCUT2D eigenvalue weighted by Gasteiger charge is 2.46. The van der Waals surface area contributed by atoms with Crippen molar-refractivity contribution in [3.05, 3.63) is 53.8 Å². The Hall–Kier alpha value is -2.65. The van der Waals surface area contributed by atoms with Gasteiger partial charge in [-0.3, -0.25) is 4.79 Å². The maximum atomic E-state index is 13.9. The van der Waals surface area contributed by atoms with Crippen molar-refractivity contribution in [2.24, 2.45) is 0 Å². The van der Waals surface area contributed by atoms with Crippen LogP contribution in [0.4, 0.5) is 4.39 Å². The maximum absolute atomic E-state index is 13.9. The number of methoxy groups -OCH3 is 1. The van der Waals surface area contributed by atoms with E-state index in [2.05, 4.69) is 0 Å². The molecule has 162 valence electrons. The number of halogens is 1. The third-order valence-corrected chi connectivity index (χ3v) is 6.74. The van der Waals surface area contributed by atoms with E-state index >= 15 is 0 Å². The Morgan fingerprint density at radius 1 is 1.20 bits per heavy atom. The van der Waals surface area contributed by atoms with Crippen molar-refractivity contribution in [2.45, 2.75) is 37.3 Å². The quantitative estimate of drug-likeness (QED) is 0.620. The second-order valence-corrected chi connectivity index (χ2v) is 8.77. The van der Waals surface area contributed by atoms with Crippen LogP contribution in [0.2, 0.25) is 0 Å². The van der Waals surface area contributed by atoms with E-state index in [0.29, 0.717) is 17.9 Å². The average molecular weight is 437 g/mol. The van der Waals surface area contributed by atoms with E-state index in [9.17, 15) is 17.6 Å². The van der Waals surface area contributed by atoms with Gasteiger partial charge in [-0.05, 0) is 49.7 Å². The van der Waals surface area contributed by atoms with Crippen molar-refractivity contribution >= 4 is 16.0 Å². The van der Waals surface area contributed by atoms with Gasteiger partial charge in [-0.1, -0.05) is 12.1 Å². The maximum Gasteiger partial charge on any atom is 0.324 e. The molecule has 0 spiro atoms. The van der Waals surface area contributed by atoms with Crippen LogP contribution in [0.15, 0.2) is 47.4 Å². The third-order valence-electron chi connectivity index (χ3n) is 4.87. The minimum atomic E-state index is -4.03. The smallest absolute Gasteiger partial charge is 0.324 e. The molecule has 2 atom stereocenters. The summed E-state index contributed by atoms with van der Waals surface area (Å²) < 4.78 is 57.5. The van der Waals surface area contributed by atoms with Crippen molar-refractivity contribution < 1.29 is 31.8 Å². The zero-order valence-electron chi connectivity index (χ0n) is 17.0. The fourth-order valence-electron chi connectivity index (χ4n) is 3.42. The predicted octanol–water partition coefficient (Wildman–Crippen LogP) is 2.92. The van der Waals surface area contributed by atoms with Gasteiger partial charge in [0.15, 0.2) is 11.6 Å². The monoisotopic (exact) mass is 437 g/mol. The molecule has 1 saturated heterocycles. The number of hydrogen-bond acceptors (Lipinski definition) is 6. The number of benzene rings is 2. The van der Waals surface area contributed by atoms with Crippen LogP contribution in [-0.4, -0.2) is 51.1 Å². The molecule has 0 aliphatic carbocycles. The fourth-order valence-corrected chi connectivity index (χ4v) is 5.13. The van der Waals surface area contributed by atoms with Gasteiger partial charge in [0.25, 0.3) is 0 Å². The number of carbonyl (C=O) groups excluding carboxylic acids is 1. The first kappa shape index (κ1) is 22.0. The van der Waals surface area contributed by atoms with Gasteiger partial charge in [-0.2, -0.15) is 4.31 Å². The normalized spacial score (nSPS) is 19.5. The van der Waals surface area contributed by atoms with Crippen molar-refractivity contribution in [3.63, 3.8) is 0 Å². The molecule has 0 amide bonds. The minimum absolute atomic E-state index is 0.00211. The highest BCUT2D eigenvalue weighted by Crippen LogP contribution is 2.32. The molecule has 9 heteroatoms. The van der Waals surface area contributed by atoms with Crippen LogP contribution in [0, 0.1) is 12.7 Å². The van der Waals surface area contributed by atoms with E-state index in [4.69, 9.17) is 14.2 Å². The van der Waals surface area contributed by atoms with Gasteiger partial charge in [-0.15, -0.1) is 0 Å². The zero-order valence-corrected chi connectivity index (χ0v) is 17.8. The van der Waals surface area contributed by atoms with Gasteiger partial charge >= 0.3 is 5.97 Å². The lowest BCUT2D eigenvalue weighted by atomic mass is 10.2. The average Bonchev–Trinajstić information content (AvgIpc) is 3.15. The number of sulfonamides is 1. The van der Waals surface area contributed by atoms with E-state index in [-0.39, 0.29) is 23.6 Å². The number of ether oxygens (including phenoxy) is 3. The Morgan fingerprint density at radius 3 is 2.57 bits per heavy atom. The largest absolute Gasteiger partial charge is 0.494 e. The lowest BCUT2D eigenvalue weighted by Crippen LogP contribution is -2.41. The van der Waals surface area contributed by atoms with E-state index in [1.165, 1.54) is 37.4 Å². The van der Waals surface area contributed by atoms with E-state index in [1.54, 1.807) is 19.1 Å². The Morgan fingerprint density at radius 2 is 1.93 bits per heavy atom. The zero-order chi connectivity index (χ0) is 21.9. The number of aryl methyl sites for hydroxylation is 1. The summed E-state index contributed by atoms with van der Waals surface area (Å²) >= 11 is 0. The van der Waals surface area contributed by atoms with E-state index < -0.39 is 34.0 Å². The number of rotatable bonds is 7. The molecule has 0 aromatic heterocycles. The molecular weight excluding hydrogens is 413 g/mol. The van der Waals surface area contributed by atoms with Gasteiger partial charge < -0.3 is 14.2 Å². The molecule has 2 unspecified atom stereocenters. The van der Waals surface area contributed by atoms with Gasteiger partial charge in [-0.25, -0.2) is 12.8 Å². The molecule has 2 aromatic rings. The molecular formula is C21H24FNO6S. The first-order valence-corrected chi connectivity index (χ1v) is 11.0. The molecule has 0 bridgehead atoms. The first-order chi connectivity index (χ1) is 14.3. The summed E-state index contributed by atoms with van der Waals surface area (Å²) in [5.41, 5.74) is 0.658. The topological polar surface area (TPSA) is 82.1 Å². The van der Waals surface area contributed by atoms with Gasteiger partial charge in [0.1, 0.15) is 17.9 Å². The van der Waals surface area contributed by atoms with Crippen LogP contribution < -0.4 is 9.47 Å². The highest BCUT2D eigenvalue weighted by atomic mass is 32.2. The van der Waals surface area contributed by atoms with E-state index in [0.717, 1.165) is 4.31 Å². The summed E-state index contributed by atoms with van der Waals surface area (Å²) in [5.74, 6) is -0.665. The number of para-hydroxylation sites is 1. The van der Waals surface area contributed by atoms with Crippen molar-refractivity contribution in [1.82, 2.24) is 4.31 Å². The molecule has 3 rings (SSSR count). The van der Waals surface area contributed by atoms with Crippen LogP contribution >= 0.6 is 0 Å². The molecule has 1 aliphatic heterocycles. The molecule has 1 fully saturated rings. The van der Waals surface area contributed by atoms with Crippen LogP contribution in [0.5, 0.6) is 11.5 Å². The summed E-state index contributed by atoms with van der Waals surface area (Å²) in [6, 6.07) is 9.30. The van der Waals surface area contributed by atoms with Gasteiger partial charge in [0, 0.05) is 6.42 Å². The van der Waals surface area contributed by atoms with Crippen molar-refractivity contribution in [1.29, 1.82) is 0 Å². The summed E-state index contributed by atoms with van der Waals surface area (Å²) in [5, 5.41) is 0. The summed E-state index contributed by atoms with van der Waals surface area (Å²) in [6.07, 6.45) is -0.652. The summed E-state index contributed by atoms with van der Waals surface area (Å²) in [4.78, 5) is 12.3. The van der Waals surface area contributed by atoms with Crippen molar-refractivity contribution in [2.75, 3.05) is 20.3 Å². The van der Waals surface area contributed by atoms with Crippen LogP contribution in [-0.2, 0) is 19.6 Å². The molecule has 30 heavy (non-hydrogen) atoms. The molecule has 0 saturated carbocycles. The minimum Gasteiger partial charge on any atom is -0.494 e. The molecule has 0 radical (unpaired) electrons. The Labute approximate surface area is 175 Å². The molecule has 1 aliphatic rings. The van der Waals surface area contributed by atoms with Crippen LogP contribution in [0.25, 0.3) is 0 Å². The molecule has 0 N–H and O–H groups in total. The summed E-state index contributed by atoms with van der Waals surface area (Å²) in [6.45, 7) is 3.93. The summed E-state index contributed by atoms with van der Waals surface area (Å²) in [7, 11) is -2.84. The predicted molar refractivity (Wildman–Crippen MR) is 107 cm³/mol. The number of carbonyl (C=O) groups is 1. The number of nitrogens with zero attached hydrogens (tertiary/aromatic N) is 1. The van der Waals surface area contributed by atoms with Gasteiger partial charge in [0.2, 0.25) is 10.0 Å². The standard InChI is InChI=1S/C21H24FNO6S/c1-4-28-19-10-9-16(11-14(19)2)30(25,26)23-13-15(12-18(23)21(24)27-3)29-20-8-6-5-7-17(20)22/h5-11,15,18H,4,12-13H2,1-3H3. The molecule has 7 nitrogen and oxygen atoms in total. The third kappa shape index (κ3) is 4.41. The number of hydrogen-bond donors (Lipinski definition) is 0. The van der Waals surface area contributed by atoms with Gasteiger partial charge in [0.05, 0.1) is 25.2 Å². The lowest BCUT2D eigenvalue weighted by Gasteiger charge is -2.22. The lowest BCUT2D eigenvalue weighted by molar-refractivity contribution is -0.144. The van der Waals surface area contributed by atoms with Crippen LogP contribution in [0.3, 0.4) is 0 Å². The van der Waals surface area contributed by atoms with Crippen LogP contribution in [0.1, 0.15) is 18.9 Å². The Bertz CT molecular complexity index is 1030. The Balaban J connectivity index is 1.90. The number of esters is 1. The first-order valence-electron chi connectivity index (χ1n) is 9.52. The SMILES string of the molecule is CCOc1ccc(S(=O)(=O)N2CC(Oc3ccccc3F)CC2C(=O)OC)cc1C. The van der Waals surface area contributed by atoms with Crippen molar-refractivity contribution in [3.8, 4) is 11.5 Å².